The van der Waals surface area contributed by atoms with Gasteiger partial charge in [-0.2, -0.15) is 0 Å². The zero-order valence-corrected chi connectivity index (χ0v) is 15.1. The predicted octanol–water partition coefficient (Wildman–Crippen LogP) is 5.32. The van der Waals surface area contributed by atoms with Crippen LogP contribution in [0.2, 0.25) is 0 Å². The van der Waals surface area contributed by atoms with Crippen molar-refractivity contribution in [2.24, 2.45) is 0 Å². The van der Waals surface area contributed by atoms with Crippen LogP contribution in [0.5, 0.6) is 5.75 Å². The number of anilines is 1. The number of hydrogen-bond acceptors (Lipinski definition) is 2. The lowest BCUT2D eigenvalue weighted by Crippen LogP contribution is -2.30. The lowest BCUT2D eigenvalue weighted by molar-refractivity contribution is -0.122. The van der Waals surface area contributed by atoms with Crippen LogP contribution < -0.4 is 10.1 Å². The van der Waals surface area contributed by atoms with E-state index in [1.165, 1.54) is 0 Å². The van der Waals surface area contributed by atoms with Crippen LogP contribution in [-0.2, 0) is 4.79 Å². The van der Waals surface area contributed by atoms with Gasteiger partial charge in [-0.1, -0.05) is 46.3 Å². The minimum Gasteiger partial charge on any atom is -0.481 e. The molecule has 0 unspecified atom stereocenters. The molecule has 0 saturated carbocycles. The fourth-order valence-electron chi connectivity index (χ4n) is 2.46. The van der Waals surface area contributed by atoms with Crippen LogP contribution >= 0.6 is 15.9 Å². The number of amides is 1. The van der Waals surface area contributed by atoms with Gasteiger partial charge < -0.3 is 10.1 Å². The van der Waals surface area contributed by atoms with E-state index in [1.54, 1.807) is 6.92 Å². The Labute approximate surface area is 149 Å². The molecule has 3 aromatic rings. The number of carbonyl (C=O) groups excluding carboxylic acids is 1. The van der Waals surface area contributed by atoms with Crippen LogP contribution in [0.15, 0.2) is 65.1 Å². The van der Waals surface area contributed by atoms with Crippen molar-refractivity contribution in [1.29, 1.82) is 0 Å². The number of nitrogens with one attached hydrogen (secondary N) is 1. The van der Waals surface area contributed by atoms with Gasteiger partial charge in [0.15, 0.2) is 6.10 Å². The van der Waals surface area contributed by atoms with Gasteiger partial charge in [0.2, 0.25) is 0 Å². The molecule has 0 aliphatic rings. The van der Waals surface area contributed by atoms with Gasteiger partial charge in [0.1, 0.15) is 5.75 Å². The first-order valence-electron chi connectivity index (χ1n) is 7.75. The molecule has 0 aromatic heterocycles. The molecule has 0 bridgehead atoms. The molecule has 0 radical (unpaired) electrons. The van der Waals surface area contributed by atoms with Gasteiger partial charge in [-0.15, -0.1) is 0 Å². The van der Waals surface area contributed by atoms with Crippen molar-refractivity contribution in [2.75, 3.05) is 5.32 Å². The standard InChI is InChI=1S/C20H18BrNO2/c1-13-11-17(8-10-19(13)21)22-20(23)14(2)24-18-9-7-15-5-3-4-6-16(15)12-18/h3-12,14H,1-2H3,(H,22,23)/t14-/m1/s1. The highest BCUT2D eigenvalue weighted by Gasteiger charge is 2.15. The first-order chi connectivity index (χ1) is 11.5. The second-order valence-corrected chi connectivity index (χ2v) is 6.58. The van der Waals surface area contributed by atoms with E-state index in [-0.39, 0.29) is 5.91 Å². The third kappa shape index (κ3) is 3.77. The summed E-state index contributed by atoms with van der Waals surface area (Å²) in [6, 6.07) is 19.6. The number of ether oxygens (including phenoxy) is 1. The highest BCUT2D eigenvalue weighted by atomic mass is 79.9. The van der Waals surface area contributed by atoms with Crippen LogP contribution in [0, 0.1) is 6.92 Å². The van der Waals surface area contributed by atoms with Crippen molar-refractivity contribution in [3.8, 4) is 5.75 Å². The minimum atomic E-state index is -0.588. The summed E-state index contributed by atoms with van der Waals surface area (Å²) in [6.45, 7) is 3.73. The summed E-state index contributed by atoms with van der Waals surface area (Å²) in [7, 11) is 0. The Kier molecular flexibility index (Phi) is 4.86. The smallest absolute Gasteiger partial charge is 0.265 e. The van der Waals surface area contributed by atoms with E-state index in [1.807, 2.05) is 67.6 Å². The summed E-state index contributed by atoms with van der Waals surface area (Å²) in [5.41, 5.74) is 1.82. The topological polar surface area (TPSA) is 38.3 Å². The molecule has 3 nitrogen and oxygen atoms in total. The molecule has 24 heavy (non-hydrogen) atoms. The lowest BCUT2D eigenvalue weighted by atomic mass is 10.1. The molecular weight excluding hydrogens is 366 g/mol. The molecule has 0 spiro atoms. The summed E-state index contributed by atoms with van der Waals surface area (Å²) in [5.74, 6) is 0.508. The highest BCUT2D eigenvalue weighted by molar-refractivity contribution is 9.10. The summed E-state index contributed by atoms with van der Waals surface area (Å²) < 4.78 is 6.80. The van der Waals surface area contributed by atoms with E-state index in [0.29, 0.717) is 5.75 Å². The van der Waals surface area contributed by atoms with Gasteiger partial charge >= 0.3 is 0 Å². The van der Waals surface area contributed by atoms with E-state index in [2.05, 4.69) is 21.2 Å². The molecule has 1 N–H and O–H groups in total. The maximum Gasteiger partial charge on any atom is 0.265 e. The average molecular weight is 384 g/mol. The number of halogens is 1. The second-order valence-electron chi connectivity index (χ2n) is 5.72. The molecule has 3 aromatic carbocycles. The van der Waals surface area contributed by atoms with E-state index in [9.17, 15) is 4.79 Å². The Bertz CT molecular complexity index is 892. The van der Waals surface area contributed by atoms with Crippen LogP contribution in [0.1, 0.15) is 12.5 Å². The zero-order valence-electron chi connectivity index (χ0n) is 13.5. The van der Waals surface area contributed by atoms with Gasteiger partial charge in [-0.05, 0) is 60.5 Å². The zero-order chi connectivity index (χ0) is 17.1. The second kappa shape index (κ2) is 7.05. The summed E-state index contributed by atoms with van der Waals surface area (Å²) in [4.78, 5) is 12.3. The highest BCUT2D eigenvalue weighted by Crippen LogP contribution is 2.23. The molecule has 122 valence electrons. The van der Waals surface area contributed by atoms with E-state index in [0.717, 1.165) is 26.5 Å². The van der Waals surface area contributed by atoms with Crippen molar-refractivity contribution >= 4 is 38.3 Å². The molecule has 3 rings (SSSR count). The number of aryl methyl sites for hydroxylation is 1. The van der Waals surface area contributed by atoms with Gasteiger partial charge in [-0.3, -0.25) is 4.79 Å². The van der Waals surface area contributed by atoms with Crippen molar-refractivity contribution in [3.05, 3.63) is 70.7 Å². The maximum absolute atomic E-state index is 12.3. The van der Waals surface area contributed by atoms with Crippen LogP contribution in [-0.4, -0.2) is 12.0 Å². The molecule has 1 atom stereocenters. The Morgan fingerprint density at radius 2 is 1.79 bits per heavy atom. The van der Waals surface area contributed by atoms with E-state index >= 15 is 0 Å². The van der Waals surface area contributed by atoms with Gasteiger partial charge in [0.25, 0.3) is 5.91 Å². The van der Waals surface area contributed by atoms with Crippen LogP contribution in [0.25, 0.3) is 10.8 Å². The Balaban J connectivity index is 1.69. The fourth-order valence-corrected chi connectivity index (χ4v) is 2.71. The van der Waals surface area contributed by atoms with E-state index < -0.39 is 6.10 Å². The third-order valence-electron chi connectivity index (χ3n) is 3.83. The van der Waals surface area contributed by atoms with Gasteiger partial charge in [0, 0.05) is 10.2 Å². The third-order valence-corrected chi connectivity index (χ3v) is 4.72. The number of benzene rings is 3. The SMILES string of the molecule is Cc1cc(NC(=O)[C@@H](C)Oc2ccc3ccccc3c2)ccc1Br. The maximum atomic E-state index is 12.3. The lowest BCUT2D eigenvalue weighted by Gasteiger charge is -2.15. The molecule has 1 amide bonds. The molecule has 4 heteroatoms. The number of carbonyl (C=O) groups is 1. The molecule has 0 saturated heterocycles. The largest absolute Gasteiger partial charge is 0.481 e. The summed E-state index contributed by atoms with van der Waals surface area (Å²) >= 11 is 3.45. The normalized spacial score (nSPS) is 12.0. The predicted molar refractivity (Wildman–Crippen MR) is 102 cm³/mol. The molecule has 0 aliphatic heterocycles. The summed E-state index contributed by atoms with van der Waals surface area (Å²) in [5, 5.41) is 5.12. The first-order valence-corrected chi connectivity index (χ1v) is 8.55. The molecular formula is C20H18BrNO2. The van der Waals surface area contributed by atoms with Crippen LogP contribution in [0.3, 0.4) is 0 Å². The van der Waals surface area contributed by atoms with Crippen molar-refractivity contribution in [3.63, 3.8) is 0 Å². The van der Waals surface area contributed by atoms with E-state index in [4.69, 9.17) is 4.74 Å². The van der Waals surface area contributed by atoms with Crippen molar-refractivity contribution < 1.29 is 9.53 Å². The monoisotopic (exact) mass is 383 g/mol. The number of hydrogen-bond donors (Lipinski definition) is 1. The van der Waals surface area contributed by atoms with Gasteiger partial charge in [-0.25, -0.2) is 0 Å². The average Bonchev–Trinajstić information content (AvgIpc) is 2.58. The Hall–Kier alpha value is -2.33. The van der Waals surface area contributed by atoms with Crippen LogP contribution in [0.4, 0.5) is 5.69 Å². The fraction of sp³-hybridized carbons (Fsp3) is 0.150. The number of rotatable bonds is 4. The van der Waals surface area contributed by atoms with Crippen molar-refractivity contribution in [2.45, 2.75) is 20.0 Å². The Morgan fingerprint density at radius 3 is 2.54 bits per heavy atom. The molecule has 0 fully saturated rings. The minimum absolute atomic E-state index is 0.176. The summed E-state index contributed by atoms with van der Waals surface area (Å²) in [6.07, 6.45) is -0.588. The number of fused-ring (bicyclic) bond motifs is 1. The first kappa shape index (κ1) is 16.5. The molecule has 0 heterocycles. The van der Waals surface area contributed by atoms with Crippen molar-refractivity contribution in [1.82, 2.24) is 0 Å². The molecule has 0 aliphatic carbocycles. The quantitative estimate of drug-likeness (QED) is 0.662. The Morgan fingerprint density at radius 1 is 1.04 bits per heavy atom. The van der Waals surface area contributed by atoms with Gasteiger partial charge in [0.05, 0.1) is 0 Å².